The summed E-state index contributed by atoms with van der Waals surface area (Å²) in [6.07, 6.45) is -0.235. The van der Waals surface area contributed by atoms with E-state index in [0.717, 1.165) is 11.1 Å². The van der Waals surface area contributed by atoms with Gasteiger partial charge in [-0.05, 0) is 41.8 Å². The van der Waals surface area contributed by atoms with E-state index in [1.807, 2.05) is 48.5 Å². The van der Waals surface area contributed by atoms with E-state index in [4.69, 9.17) is 14.5 Å². The van der Waals surface area contributed by atoms with Crippen LogP contribution >= 0.6 is 0 Å². The van der Waals surface area contributed by atoms with Gasteiger partial charge in [0, 0.05) is 5.56 Å². The maximum atomic E-state index is 12.7. The number of aromatic hydroxyl groups is 1. The minimum absolute atomic E-state index is 0.00798. The van der Waals surface area contributed by atoms with E-state index in [1.54, 1.807) is 12.1 Å². The van der Waals surface area contributed by atoms with Crippen molar-refractivity contribution in [3.8, 4) is 5.75 Å². The largest absolute Gasteiger partial charge is 0.508 e. The quantitative estimate of drug-likeness (QED) is 0.253. The highest BCUT2D eigenvalue weighted by atomic mass is 17.2. The zero-order chi connectivity index (χ0) is 24.2. The second-order valence-corrected chi connectivity index (χ2v) is 7.41. The molecule has 34 heavy (non-hydrogen) atoms. The molecule has 0 aliphatic carbocycles. The third-order valence-corrected chi connectivity index (χ3v) is 4.80. The van der Waals surface area contributed by atoms with Crippen LogP contribution in [-0.2, 0) is 37.3 Å². The first-order chi connectivity index (χ1) is 16.5. The van der Waals surface area contributed by atoms with Crippen molar-refractivity contribution in [1.29, 1.82) is 0 Å². The van der Waals surface area contributed by atoms with E-state index in [0.29, 0.717) is 0 Å². The lowest BCUT2D eigenvalue weighted by atomic mass is 10.1. The summed E-state index contributed by atoms with van der Waals surface area (Å²) in [4.78, 5) is 47.1. The van der Waals surface area contributed by atoms with Crippen LogP contribution in [0.4, 0.5) is 0 Å². The Morgan fingerprint density at radius 2 is 1.38 bits per heavy atom. The number of phenolic OH excluding ortho intramolecular Hbond substituents is 1. The molecule has 3 rings (SSSR count). The Kier molecular flexibility index (Phi) is 9.19. The van der Waals surface area contributed by atoms with E-state index >= 15 is 0 Å². The van der Waals surface area contributed by atoms with E-state index in [9.17, 15) is 19.5 Å². The Hall–Kier alpha value is -4.17. The number of nitrogens with one attached hydrogen (secondary N) is 1. The van der Waals surface area contributed by atoms with Gasteiger partial charge in [0.05, 0.1) is 6.42 Å². The van der Waals surface area contributed by atoms with Gasteiger partial charge in [-0.2, -0.15) is 4.89 Å². The number of amides is 1. The Bertz CT molecular complexity index is 1070. The lowest BCUT2D eigenvalue weighted by Crippen LogP contribution is -2.42. The van der Waals surface area contributed by atoms with Crippen LogP contribution in [0, 0.1) is 0 Å². The summed E-state index contributed by atoms with van der Waals surface area (Å²) in [5.41, 5.74) is 1.86. The molecule has 0 aromatic heterocycles. The lowest BCUT2D eigenvalue weighted by molar-refractivity contribution is -0.280. The standard InChI is InChI=1S/C26H25NO7/c28-22-13-11-21(12-14-22)25(30)27-23(26(31)32-17-19-7-3-1-4-8-19)15-16-24(29)34-33-18-20-9-5-2-6-10-20/h1-14,23,28H,15-18H2,(H,27,30)/t23-/m0/s1. The molecule has 0 saturated carbocycles. The number of phenols is 1. The van der Waals surface area contributed by atoms with Crippen molar-refractivity contribution in [2.24, 2.45) is 0 Å². The average Bonchev–Trinajstić information content (AvgIpc) is 2.86. The fourth-order valence-electron chi connectivity index (χ4n) is 2.97. The second-order valence-electron chi connectivity index (χ2n) is 7.41. The van der Waals surface area contributed by atoms with Crippen molar-refractivity contribution in [1.82, 2.24) is 5.32 Å². The molecule has 8 nitrogen and oxygen atoms in total. The first-order valence-corrected chi connectivity index (χ1v) is 10.7. The predicted molar refractivity (Wildman–Crippen MR) is 122 cm³/mol. The van der Waals surface area contributed by atoms with E-state index in [2.05, 4.69) is 5.32 Å². The fourth-order valence-corrected chi connectivity index (χ4v) is 2.97. The summed E-state index contributed by atoms with van der Waals surface area (Å²) in [6, 6.07) is 22.7. The second kappa shape index (κ2) is 12.8. The van der Waals surface area contributed by atoms with Crippen molar-refractivity contribution in [2.75, 3.05) is 0 Å². The third kappa shape index (κ3) is 8.07. The molecule has 0 unspecified atom stereocenters. The van der Waals surface area contributed by atoms with Crippen LogP contribution in [0.2, 0.25) is 0 Å². The van der Waals surface area contributed by atoms with E-state index < -0.39 is 23.9 Å². The monoisotopic (exact) mass is 463 g/mol. The molecule has 0 fully saturated rings. The van der Waals surface area contributed by atoms with Gasteiger partial charge in [0.15, 0.2) is 0 Å². The predicted octanol–water partition coefficient (Wildman–Crippen LogP) is 3.69. The van der Waals surface area contributed by atoms with Gasteiger partial charge in [0.1, 0.15) is 25.0 Å². The van der Waals surface area contributed by atoms with Crippen LogP contribution in [0.3, 0.4) is 0 Å². The van der Waals surface area contributed by atoms with Gasteiger partial charge in [0.2, 0.25) is 0 Å². The van der Waals surface area contributed by atoms with Gasteiger partial charge in [-0.15, -0.1) is 0 Å². The molecule has 1 amide bonds. The molecule has 2 N–H and O–H groups in total. The minimum atomic E-state index is -1.09. The highest BCUT2D eigenvalue weighted by molar-refractivity contribution is 5.97. The summed E-state index contributed by atoms with van der Waals surface area (Å²) in [7, 11) is 0. The highest BCUT2D eigenvalue weighted by Crippen LogP contribution is 2.12. The lowest BCUT2D eigenvalue weighted by Gasteiger charge is -2.17. The van der Waals surface area contributed by atoms with Crippen LogP contribution in [0.15, 0.2) is 84.9 Å². The number of ether oxygens (including phenoxy) is 1. The summed E-state index contributed by atoms with van der Waals surface area (Å²) >= 11 is 0. The topological polar surface area (TPSA) is 111 Å². The highest BCUT2D eigenvalue weighted by Gasteiger charge is 2.24. The van der Waals surface area contributed by atoms with Crippen LogP contribution in [0.5, 0.6) is 5.75 Å². The Labute approximate surface area is 197 Å². The van der Waals surface area contributed by atoms with Crippen LogP contribution in [0.1, 0.15) is 34.3 Å². The maximum Gasteiger partial charge on any atom is 0.342 e. The van der Waals surface area contributed by atoms with Crippen molar-refractivity contribution >= 4 is 17.8 Å². The van der Waals surface area contributed by atoms with Crippen LogP contribution in [-0.4, -0.2) is 29.0 Å². The van der Waals surface area contributed by atoms with Crippen molar-refractivity contribution in [2.45, 2.75) is 32.1 Å². The number of hydrogen-bond donors (Lipinski definition) is 2. The normalized spacial score (nSPS) is 11.3. The first-order valence-electron chi connectivity index (χ1n) is 10.7. The number of carbonyl (C=O) groups is 3. The molecule has 176 valence electrons. The number of carbonyl (C=O) groups excluding carboxylic acids is 3. The maximum absolute atomic E-state index is 12.7. The van der Waals surface area contributed by atoms with Crippen LogP contribution < -0.4 is 5.32 Å². The van der Waals surface area contributed by atoms with Gasteiger partial charge in [-0.1, -0.05) is 60.7 Å². The van der Waals surface area contributed by atoms with Crippen molar-refractivity contribution in [3.05, 3.63) is 102 Å². The van der Waals surface area contributed by atoms with Crippen LogP contribution in [0.25, 0.3) is 0 Å². The Morgan fingerprint density at radius 3 is 2.00 bits per heavy atom. The summed E-state index contributed by atoms with van der Waals surface area (Å²) in [5, 5.41) is 12.0. The number of esters is 1. The molecule has 0 spiro atoms. The summed E-state index contributed by atoms with van der Waals surface area (Å²) in [5.74, 6) is -1.91. The average molecular weight is 463 g/mol. The molecule has 0 radical (unpaired) electrons. The number of benzene rings is 3. The number of hydrogen-bond acceptors (Lipinski definition) is 7. The summed E-state index contributed by atoms with van der Waals surface area (Å²) in [6.45, 7) is 0.114. The van der Waals surface area contributed by atoms with Crippen molar-refractivity contribution in [3.63, 3.8) is 0 Å². The van der Waals surface area contributed by atoms with Gasteiger partial charge in [-0.3, -0.25) is 9.68 Å². The first kappa shape index (κ1) is 24.5. The van der Waals surface area contributed by atoms with Gasteiger partial charge in [-0.25, -0.2) is 9.59 Å². The van der Waals surface area contributed by atoms with Gasteiger partial charge < -0.3 is 15.2 Å². The van der Waals surface area contributed by atoms with Gasteiger partial charge in [0.25, 0.3) is 5.91 Å². The third-order valence-electron chi connectivity index (χ3n) is 4.80. The molecular formula is C26H25NO7. The SMILES string of the molecule is O=C(CC[C@H](NC(=O)c1ccc(O)cc1)C(=O)OCc1ccccc1)OOCc1ccccc1. The molecule has 3 aromatic carbocycles. The van der Waals surface area contributed by atoms with E-state index in [1.165, 1.54) is 24.3 Å². The zero-order valence-electron chi connectivity index (χ0n) is 18.4. The molecule has 1 atom stereocenters. The number of rotatable bonds is 11. The molecule has 3 aromatic rings. The molecule has 0 saturated heterocycles. The van der Waals surface area contributed by atoms with E-state index in [-0.39, 0.29) is 37.4 Å². The van der Waals surface area contributed by atoms with Crippen molar-refractivity contribution < 1.29 is 34.0 Å². The molecule has 0 bridgehead atoms. The smallest absolute Gasteiger partial charge is 0.342 e. The molecule has 0 aliphatic heterocycles. The minimum Gasteiger partial charge on any atom is -0.508 e. The summed E-state index contributed by atoms with van der Waals surface area (Å²) < 4.78 is 5.34. The Balaban J connectivity index is 1.55. The zero-order valence-corrected chi connectivity index (χ0v) is 18.4. The Morgan fingerprint density at radius 1 is 0.794 bits per heavy atom. The molecule has 0 heterocycles. The molecule has 8 heteroatoms. The molecule has 0 aliphatic rings. The molecular weight excluding hydrogens is 438 g/mol. The fraction of sp³-hybridized carbons (Fsp3) is 0.192. The van der Waals surface area contributed by atoms with Gasteiger partial charge >= 0.3 is 11.9 Å².